The summed E-state index contributed by atoms with van der Waals surface area (Å²) in [6.45, 7) is 3.19. The molecule has 19 heavy (non-hydrogen) atoms. The molecule has 0 bridgehead atoms. The van der Waals surface area contributed by atoms with Gasteiger partial charge in [-0.1, -0.05) is 19.3 Å². The first-order valence-electron chi connectivity index (χ1n) is 7.06. The minimum Gasteiger partial charge on any atom is -0.468 e. The van der Waals surface area contributed by atoms with Gasteiger partial charge in [0.1, 0.15) is 0 Å². The van der Waals surface area contributed by atoms with Crippen LogP contribution < -0.4 is 15.6 Å². The molecule has 0 aliphatic heterocycles. The summed E-state index contributed by atoms with van der Waals surface area (Å²) in [5.41, 5.74) is 0.646. The fraction of sp³-hybridized carbons (Fsp3) is 0.714. The average molecular weight is 265 g/mol. The van der Waals surface area contributed by atoms with Crippen LogP contribution in [0.15, 0.2) is 10.9 Å². The summed E-state index contributed by atoms with van der Waals surface area (Å²) >= 11 is 0. The lowest BCUT2D eigenvalue weighted by Gasteiger charge is -2.23. The number of nitrogens with one attached hydrogen (secondary N) is 1. The van der Waals surface area contributed by atoms with E-state index < -0.39 is 0 Å². The number of aromatic nitrogens is 2. The van der Waals surface area contributed by atoms with Crippen LogP contribution in [0.2, 0.25) is 0 Å². The van der Waals surface area contributed by atoms with Crippen molar-refractivity contribution >= 4 is 0 Å². The fourth-order valence-corrected chi connectivity index (χ4v) is 2.64. The molecule has 1 aliphatic rings. The molecule has 1 fully saturated rings. The highest BCUT2D eigenvalue weighted by molar-refractivity contribution is 5.06. The van der Waals surface area contributed by atoms with Crippen molar-refractivity contribution in [1.29, 1.82) is 0 Å². The van der Waals surface area contributed by atoms with Crippen molar-refractivity contribution in [3.05, 3.63) is 22.1 Å². The third kappa shape index (κ3) is 3.80. The summed E-state index contributed by atoms with van der Waals surface area (Å²) in [6.07, 6.45) is 6.48. The predicted molar refractivity (Wildman–Crippen MR) is 74.7 cm³/mol. The Hall–Kier alpha value is -1.36. The summed E-state index contributed by atoms with van der Waals surface area (Å²) in [7, 11) is 1.55. The normalized spacial score (nSPS) is 16.5. The molecule has 0 spiro atoms. The van der Waals surface area contributed by atoms with E-state index in [-0.39, 0.29) is 5.56 Å². The van der Waals surface area contributed by atoms with Gasteiger partial charge in [-0.2, -0.15) is 0 Å². The van der Waals surface area contributed by atoms with E-state index in [1.165, 1.54) is 32.1 Å². The van der Waals surface area contributed by atoms with Crippen LogP contribution in [0.4, 0.5) is 0 Å². The highest BCUT2D eigenvalue weighted by Gasteiger charge is 2.13. The zero-order chi connectivity index (χ0) is 13.7. The number of methoxy groups -OCH3 is 1. The van der Waals surface area contributed by atoms with E-state index in [0.29, 0.717) is 24.3 Å². The maximum atomic E-state index is 11.9. The van der Waals surface area contributed by atoms with Crippen LogP contribution in [0.1, 0.15) is 37.8 Å². The second-order valence-corrected chi connectivity index (χ2v) is 5.16. The zero-order valence-electron chi connectivity index (χ0n) is 11.8. The van der Waals surface area contributed by atoms with E-state index in [0.717, 1.165) is 6.54 Å². The molecule has 1 aromatic heterocycles. The van der Waals surface area contributed by atoms with E-state index in [9.17, 15) is 4.79 Å². The van der Waals surface area contributed by atoms with Gasteiger partial charge >= 0.3 is 0 Å². The van der Waals surface area contributed by atoms with Crippen molar-refractivity contribution in [2.75, 3.05) is 13.7 Å². The molecule has 0 aromatic carbocycles. The second-order valence-electron chi connectivity index (χ2n) is 5.16. The Kier molecular flexibility index (Phi) is 4.96. The Morgan fingerprint density at radius 1 is 1.42 bits per heavy atom. The predicted octanol–water partition coefficient (Wildman–Crippen LogP) is 1.48. The summed E-state index contributed by atoms with van der Waals surface area (Å²) in [5, 5.41) is 3.52. The average Bonchev–Trinajstić information content (AvgIpc) is 2.42. The molecule has 1 aliphatic carbocycles. The van der Waals surface area contributed by atoms with E-state index in [2.05, 4.69) is 10.3 Å². The molecule has 0 saturated heterocycles. The van der Waals surface area contributed by atoms with Gasteiger partial charge in [0.25, 0.3) is 11.6 Å². The first-order chi connectivity index (χ1) is 9.20. The minimum atomic E-state index is -0.0465. The van der Waals surface area contributed by atoms with Crippen LogP contribution >= 0.6 is 0 Å². The lowest BCUT2D eigenvalue weighted by Crippen LogP contribution is -2.35. The standard InChI is InChI=1S/C14H23N3O2/c1-11-10-13(18)17(14(16-11)19-2)9-8-15-12-6-4-3-5-7-12/h10,12,15H,3-9H2,1-2H3. The van der Waals surface area contributed by atoms with Gasteiger partial charge in [-0.3, -0.25) is 9.36 Å². The molecule has 1 aromatic rings. The molecular weight excluding hydrogens is 242 g/mol. The van der Waals surface area contributed by atoms with Crippen LogP contribution in [0.3, 0.4) is 0 Å². The van der Waals surface area contributed by atoms with E-state index in [1.54, 1.807) is 24.7 Å². The van der Waals surface area contributed by atoms with Crippen molar-refractivity contribution in [2.24, 2.45) is 0 Å². The lowest BCUT2D eigenvalue weighted by molar-refractivity contribution is 0.330. The second kappa shape index (κ2) is 6.70. The maximum absolute atomic E-state index is 11.9. The third-order valence-corrected chi connectivity index (χ3v) is 3.66. The first-order valence-corrected chi connectivity index (χ1v) is 7.06. The van der Waals surface area contributed by atoms with Crippen molar-refractivity contribution in [1.82, 2.24) is 14.9 Å². The number of nitrogens with zero attached hydrogens (tertiary/aromatic N) is 2. The Morgan fingerprint density at radius 3 is 2.84 bits per heavy atom. The molecule has 1 heterocycles. The van der Waals surface area contributed by atoms with Gasteiger partial charge in [0.05, 0.1) is 7.11 Å². The lowest BCUT2D eigenvalue weighted by atomic mass is 9.95. The van der Waals surface area contributed by atoms with E-state index in [4.69, 9.17) is 4.74 Å². The van der Waals surface area contributed by atoms with Gasteiger partial charge in [-0.05, 0) is 19.8 Å². The smallest absolute Gasteiger partial charge is 0.299 e. The van der Waals surface area contributed by atoms with Crippen molar-refractivity contribution in [3.8, 4) is 6.01 Å². The molecule has 0 amide bonds. The van der Waals surface area contributed by atoms with Gasteiger partial charge in [-0.25, -0.2) is 4.98 Å². The Balaban J connectivity index is 1.93. The maximum Gasteiger partial charge on any atom is 0.299 e. The molecule has 0 atom stereocenters. The van der Waals surface area contributed by atoms with Crippen molar-refractivity contribution in [3.63, 3.8) is 0 Å². The molecule has 0 radical (unpaired) electrons. The van der Waals surface area contributed by atoms with Crippen molar-refractivity contribution in [2.45, 2.75) is 51.6 Å². The molecule has 106 valence electrons. The Bertz CT molecular complexity index is 464. The summed E-state index contributed by atoms with van der Waals surface area (Å²) in [4.78, 5) is 16.1. The van der Waals surface area contributed by atoms with Crippen LogP contribution in [-0.4, -0.2) is 29.2 Å². The number of hydrogen-bond acceptors (Lipinski definition) is 4. The van der Waals surface area contributed by atoms with Gasteiger partial charge < -0.3 is 10.1 Å². The Labute approximate surface area is 114 Å². The molecule has 1 N–H and O–H groups in total. The summed E-state index contributed by atoms with van der Waals surface area (Å²) in [5.74, 6) is 0. The molecule has 2 rings (SSSR count). The first kappa shape index (κ1) is 14.1. The van der Waals surface area contributed by atoms with Crippen LogP contribution in [0.25, 0.3) is 0 Å². The Morgan fingerprint density at radius 2 is 2.16 bits per heavy atom. The number of rotatable bonds is 5. The quantitative estimate of drug-likeness (QED) is 0.876. The van der Waals surface area contributed by atoms with Crippen LogP contribution in [0, 0.1) is 6.92 Å². The van der Waals surface area contributed by atoms with Gasteiger partial charge in [-0.15, -0.1) is 0 Å². The zero-order valence-corrected chi connectivity index (χ0v) is 11.8. The monoisotopic (exact) mass is 265 g/mol. The largest absolute Gasteiger partial charge is 0.468 e. The van der Waals surface area contributed by atoms with Crippen LogP contribution in [-0.2, 0) is 6.54 Å². The van der Waals surface area contributed by atoms with E-state index in [1.807, 2.05) is 0 Å². The SMILES string of the molecule is COc1nc(C)cc(=O)n1CCNC1CCCCC1. The highest BCUT2D eigenvalue weighted by Crippen LogP contribution is 2.17. The van der Waals surface area contributed by atoms with Gasteiger partial charge in [0.2, 0.25) is 0 Å². The number of ether oxygens (including phenoxy) is 1. The molecule has 0 unspecified atom stereocenters. The van der Waals surface area contributed by atoms with Gasteiger partial charge in [0, 0.05) is 30.9 Å². The highest BCUT2D eigenvalue weighted by atomic mass is 16.5. The minimum absolute atomic E-state index is 0.0465. The summed E-state index contributed by atoms with van der Waals surface area (Å²) < 4.78 is 6.76. The van der Waals surface area contributed by atoms with E-state index >= 15 is 0 Å². The topological polar surface area (TPSA) is 56.1 Å². The molecule has 1 saturated carbocycles. The number of aryl methyl sites for hydroxylation is 1. The third-order valence-electron chi connectivity index (χ3n) is 3.66. The van der Waals surface area contributed by atoms with Crippen molar-refractivity contribution < 1.29 is 4.74 Å². The summed E-state index contributed by atoms with van der Waals surface area (Å²) in [6, 6.07) is 2.55. The van der Waals surface area contributed by atoms with Crippen LogP contribution in [0.5, 0.6) is 6.01 Å². The molecule has 5 heteroatoms. The van der Waals surface area contributed by atoms with Gasteiger partial charge in [0.15, 0.2) is 0 Å². The molecule has 5 nitrogen and oxygen atoms in total. The fourth-order valence-electron chi connectivity index (χ4n) is 2.64. The molecular formula is C14H23N3O2. The number of hydrogen-bond donors (Lipinski definition) is 1.